The summed E-state index contributed by atoms with van der Waals surface area (Å²) in [6.07, 6.45) is 0. The molecule has 43 heavy (non-hydrogen) atoms. The molecule has 0 bridgehead atoms. The average Bonchev–Trinajstić information content (AvgIpc) is 3.55. The standard InChI is InChI=1S/C39H26O4/c1-39(2)42-35-18-14-23(24-11-15-29-27-7-3-5-9-33(27)40-36(29)20-24)19-32(35)31-17-13-26(22-38(31)43-39)25-12-16-30-28-8-4-6-10-34(28)41-37(30)21-25/h3-22H,1-2H3. The smallest absolute Gasteiger partial charge is 0.245 e. The molecule has 2 aromatic heterocycles. The third-order valence-corrected chi connectivity index (χ3v) is 8.39. The van der Waals surface area contributed by atoms with E-state index in [1.807, 2.05) is 56.3 Å². The molecule has 0 saturated heterocycles. The molecule has 9 rings (SSSR count). The van der Waals surface area contributed by atoms with E-state index in [1.54, 1.807) is 0 Å². The zero-order valence-corrected chi connectivity index (χ0v) is 23.7. The molecule has 0 unspecified atom stereocenters. The van der Waals surface area contributed by atoms with Crippen LogP contribution in [0.3, 0.4) is 0 Å². The van der Waals surface area contributed by atoms with E-state index in [4.69, 9.17) is 18.3 Å². The molecule has 8 aromatic rings. The highest BCUT2D eigenvalue weighted by Gasteiger charge is 2.30. The lowest BCUT2D eigenvalue weighted by molar-refractivity contribution is -0.0778. The fourth-order valence-corrected chi connectivity index (χ4v) is 6.38. The first kappa shape index (κ1) is 24.2. The highest BCUT2D eigenvalue weighted by Crippen LogP contribution is 2.46. The van der Waals surface area contributed by atoms with Gasteiger partial charge in [-0.2, -0.15) is 0 Å². The lowest BCUT2D eigenvalue weighted by Gasteiger charge is -2.25. The van der Waals surface area contributed by atoms with Gasteiger partial charge in [0, 0.05) is 46.5 Å². The third kappa shape index (κ3) is 3.84. The van der Waals surface area contributed by atoms with Crippen LogP contribution >= 0.6 is 0 Å². The Morgan fingerprint density at radius 2 is 0.884 bits per heavy atom. The maximum absolute atomic E-state index is 6.50. The quantitative estimate of drug-likeness (QED) is 0.212. The first-order valence-corrected chi connectivity index (χ1v) is 14.5. The van der Waals surface area contributed by atoms with Crippen molar-refractivity contribution >= 4 is 43.9 Å². The van der Waals surface area contributed by atoms with Crippen molar-refractivity contribution in [1.29, 1.82) is 0 Å². The summed E-state index contributed by atoms with van der Waals surface area (Å²) in [5, 5.41) is 4.48. The van der Waals surface area contributed by atoms with Gasteiger partial charge in [0.1, 0.15) is 33.8 Å². The van der Waals surface area contributed by atoms with Gasteiger partial charge in [0.05, 0.1) is 0 Å². The summed E-state index contributed by atoms with van der Waals surface area (Å²) in [6.45, 7) is 3.89. The number of rotatable bonds is 2. The van der Waals surface area contributed by atoms with Crippen molar-refractivity contribution in [3.63, 3.8) is 0 Å². The van der Waals surface area contributed by atoms with Crippen molar-refractivity contribution in [3.05, 3.63) is 121 Å². The van der Waals surface area contributed by atoms with E-state index in [-0.39, 0.29) is 0 Å². The lowest BCUT2D eigenvalue weighted by atomic mass is 9.95. The maximum atomic E-state index is 6.50. The topological polar surface area (TPSA) is 44.7 Å². The van der Waals surface area contributed by atoms with Crippen LogP contribution in [0.15, 0.2) is 130 Å². The van der Waals surface area contributed by atoms with E-state index in [9.17, 15) is 0 Å². The Balaban J connectivity index is 1.16. The van der Waals surface area contributed by atoms with Crippen molar-refractivity contribution in [2.24, 2.45) is 0 Å². The molecular weight excluding hydrogens is 532 g/mol. The van der Waals surface area contributed by atoms with Crippen LogP contribution < -0.4 is 9.47 Å². The summed E-state index contributed by atoms with van der Waals surface area (Å²) in [5.74, 6) is 0.709. The van der Waals surface area contributed by atoms with Crippen LogP contribution in [0.25, 0.3) is 77.3 Å². The fraction of sp³-hybridized carbons (Fsp3) is 0.0769. The SMILES string of the molecule is CC1(C)Oc2cc(-c3ccc4c(c3)oc3ccccc34)ccc2-c2cc(-c3ccc4c(c3)oc3ccccc34)ccc2O1. The zero-order valence-electron chi connectivity index (χ0n) is 23.7. The maximum Gasteiger partial charge on any atom is 0.245 e. The third-order valence-electron chi connectivity index (χ3n) is 8.39. The molecule has 206 valence electrons. The second kappa shape index (κ2) is 8.76. The Kier molecular flexibility index (Phi) is 4.92. The van der Waals surface area contributed by atoms with Gasteiger partial charge < -0.3 is 18.3 Å². The minimum atomic E-state index is -0.851. The molecule has 0 N–H and O–H groups in total. The Labute approximate surface area is 247 Å². The molecular formula is C39H26O4. The Morgan fingerprint density at radius 3 is 1.53 bits per heavy atom. The van der Waals surface area contributed by atoms with E-state index in [2.05, 4.69) is 78.9 Å². The molecule has 3 heterocycles. The molecule has 0 fully saturated rings. The molecule has 0 atom stereocenters. The van der Waals surface area contributed by atoms with E-state index in [0.717, 1.165) is 88.8 Å². The van der Waals surface area contributed by atoms with E-state index >= 15 is 0 Å². The van der Waals surface area contributed by atoms with Crippen LogP contribution in [-0.2, 0) is 0 Å². The molecule has 1 aliphatic rings. The van der Waals surface area contributed by atoms with Crippen LogP contribution in [-0.4, -0.2) is 5.79 Å². The summed E-state index contributed by atoms with van der Waals surface area (Å²) in [6, 6.07) is 41.8. The first-order chi connectivity index (χ1) is 21.0. The molecule has 0 radical (unpaired) electrons. The van der Waals surface area contributed by atoms with E-state index in [1.165, 1.54) is 0 Å². The second-order valence-corrected chi connectivity index (χ2v) is 11.6. The molecule has 0 spiro atoms. The van der Waals surface area contributed by atoms with Crippen LogP contribution in [0.1, 0.15) is 13.8 Å². The van der Waals surface area contributed by atoms with Crippen LogP contribution in [0.2, 0.25) is 0 Å². The fourth-order valence-electron chi connectivity index (χ4n) is 6.38. The van der Waals surface area contributed by atoms with Gasteiger partial charge in [0.15, 0.2) is 0 Å². The van der Waals surface area contributed by atoms with Gasteiger partial charge in [0.2, 0.25) is 5.79 Å². The number of fused-ring (bicyclic) bond motifs is 9. The monoisotopic (exact) mass is 558 g/mol. The Morgan fingerprint density at radius 1 is 0.395 bits per heavy atom. The highest BCUT2D eigenvalue weighted by atomic mass is 16.7. The number of furan rings is 2. The normalized spacial score (nSPS) is 13.9. The highest BCUT2D eigenvalue weighted by molar-refractivity contribution is 6.07. The van der Waals surface area contributed by atoms with Crippen molar-refractivity contribution in [2.45, 2.75) is 19.6 Å². The van der Waals surface area contributed by atoms with Gasteiger partial charge in [-0.05, 0) is 82.9 Å². The molecule has 6 aromatic carbocycles. The molecule has 4 heteroatoms. The van der Waals surface area contributed by atoms with Crippen molar-refractivity contribution in [2.75, 3.05) is 0 Å². The van der Waals surface area contributed by atoms with Crippen molar-refractivity contribution < 1.29 is 18.3 Å². The summed E-state index contributed by atoms with van der Waals surface area (Å²) in [7, 11) is 0. The van der Waals surface area contributed by atoms with Gasteiger partial charge in [-0.1, -0.05) is 60.7 Å². The average molecular weight is 559 g/mol. The molecule has 0 aliphatic carbocycles. The predicted molar refractivity (Wildman–Crippen MR) is 173 cm³/mol. The lowest BCUT2D eigenvalue weighted by Crippen LogP contribution is -2.34. The van der Waals surface area contributed by atoms with Crippen LogP contribution in [0, 0.1) is 0 Å². The van der Waals surface area contributed by atoms with Gasteiger partial charge >= 0.3 is 0 Å². The first-order valence-electron chi connectivity index (χ1n) is 14.5. The summed E-state index contributed by atoms with van der Waals surface area (Å²) < 4.78 is 25.3. The zero-order chi connectivity index (χ0) is 28.7. The van der Waals surface area contributed by atoms with Gasteiger partial charge in [-0.3, -0.25) is 0 Å². The number of hydrogen-bond acceptors (Lipinski definition) is 4. The summed E-state index contributed by atoms with van der Waals surface area (Å²) in [5.41, 5.74) is 9.78. The summed E-state index contributed by atoms with van der Waals surface area (Å²) >= 11 is 0. The van der Waals surface area contributed by atoms with Gasteiger partial charge in [-0.15, -0.1) is 0 Å². The van der Waals surface area contributed by atoms with E-state index < -0.39 is 5.79 Å². The minimum Gasteiger partial charge on any atom is -0.456 e. The molecule has 1 aliphatic heterocycles. The van der Waals surface area contributed by atoms with Gasteiger partial charge in [-0.25, -0.2) is 0 Å². The van der Waals surface area contributed by atoms with E-state index in [0.29, 0.717) is 0 Å². The van der Waals surface area contributed by atoms with Gasteiger partial charge in [0.25, 0.3) is 0 Å². The Hall–Kier alpha value is -5.48. The number of ether oxygens (including phenoxy) is 2. The van der Waals surface area contributed by atoms with Crippen LogP contribution in [0.4, 0.5) is 0 Å². The largest absolute Gasteiger partial charge is 0.456 e. The molecule has 4 nitrogen and oxygen atoms in total. The van der Waals surface area contributed by atoms with Crippen molar-refractivity contribution in [3.8, 4) is 44.9 Å². The van der Waals surface area contributed by atoms with Crippen LogP contribution in [0.5, 0.6) is 11.5 Å². The molecule has 0 amide bonds. The minimum absolute atomic E-state index is 0.774. The number of hydrogen-bond donors (Lipinski definition) is 0. The van der Waals surface area contributed by atoms with Crippen molar-refractivity contribution in [1.82, 2.24) is 0 Å². The summed E-state index contributed by atoms with van der Waals surface area (Å²) in [4.78, 5) is 0. The molecule has 0 saturated carbocycles. The number of para-hydroxylation sites is 2. The second-order valence-electron chi connectivity index (χ2n) is 11.6. The Bertz CT molecular complexity index is 2390. The predicted octanol–water partition coefficient (Wildman–Crippen LogP) is 11.0. The number of benzene rings is 6.